The van der Waals surface area contributed by atoms with Crippen molar-refractivity contribution in [3.8, 4) is 0 Å². The molecule has 4 nitrogen and oxygen atoms in total. The van der Waals surface area contributed by atoms with Gasteiger partial charge in [0.2, 0.25) is 0 Å². The van der Waals surface area contributed by atoms with Gasteiger partial charge in [-0.3, -0.25) is 4.68 Å². The van der Waals surface area contributed by atoms with E-state index in [2.05, 4.69) is 16.6 Å². The molecule has 0 saturated heterocycles. The average Bonchev–Trinajstić information content (AvgIpc) is 3.18. The monoisotopic (exact) mass is 275 g/mol. The first-order valence-electron chi connectivity index (χ1n) is 8.13. The van der Waals surface area contributed by atoms with Gasteiger partial charge in [-0.2, -0.15) is 5.10 Å². The Morgan fingerprint density at radius 3 is 3.10 bits per heavy atom. The van der Waals surface area contributed by atoms with E-state index < -0.39 is 0 Å². The first-order chi connectivity index (χ1) is 9.85. The van der Waals surface area contributed by atoms with Gasteiger partial charge in [0.25, 0.3) is 0 Å². The van der Waals surface area contributed by atoms with Crippen molar-refractivity contribution in [1.29, 1.82) is 0 Å². The number of aromatic nitrogens is 2. The topological polar surface area (TPSA) is 39.1 Å². The molecule has 5 unspecified atom stereocenters. The molecule has 1 aromatic rings. The Kier molecular flexibility index (Phi) is 3.21. The predicted octanol–water partition coefficient (Wildman–Crippen LogP) is 2.77. The van der Waals surface area contributed by atoms with Crippen molar-refractivity contribution < 1.29 is 4.74 Å². The van der Waals surface area contributed by atoms with Crippen LogP contribution in [-0.4, -0.2) is 29.5 Å². The van der Waals surface area contributed by atoms with Gasteiger partial charge < -0.3 is 10.1 Å². The van der Waals surface area contributed by atoms with E-state index >= 15 is 0 Å². The molecule has 3 aliphatic rings. The summed E-state index contributed by atoms with van der Waals surface area (Å²) in [6.07, 6.45) is 11.4. The zero-order chi connectivity index (χ0) is 13.5. The number of methoxy groups -OCH3 is 1. The van der Waals surface area contributed by atoms with Crippen molar-refractivity contribution in [2.45, 2.75) is 44.7 Å². The molecule has 2 bridgehead atoms. The smallest absolute Gasteiger partial charge is 0.0728 e. The summed E-state index contributed by atoms with van der Waals surface area (Å²) in [6.45, 7) is 1.55. The van der Waals surface area contributed by atoms with Crippen LogP contribution in [0.15, 0.2) is 12.4 Å². The molecular formula is C16H25N3O. The molecule has 3 aliphatic carbocycles. The predicted molar refractivity (Wildman–Crippen MR) is 78.6 cm³/mol. The molecule has 1 N–H and O–H groups in total. The SMILES string of the molecule is COCCn1cc(NC2CC3CC2C2CCCC32)cn1. The molecule has 0 spiro atoms. The van der Waals surface area contributed by atoms with Gasteiger partial charge in [0, 0.05) is 19.3 Å². The largest absolute Gasteiger partial charge is 0.383 e. The van der Waals surface area contributed by atoms with Crippen LogP contribution >= 0.6 is 0 Å². The second-order valence-corrected chi connectivity index (χ2v) is 6.89. The minimum Gasteiger partial charge on any atom is -0.383 e. The van der Waals surface area contributed by atoms with Crippen LogP contribution in [0, 0.1) is 23.7 Å². The van der Waals surface area contributed by atoms with E-state index in [1.165, 1.54) is 37.8 Å². The van der Waals surface area contributed by atoms with Crippen molar-refractivity contribution in [3.05, 3.63) is 12.4 Å². The van der Waals surface area contributed by atoms with Gasteiger partial charge in [-0.25, -0.2) is 0 Å². The molecule has 0 aromatic carbocycles. The summed E-state index contributed by atoms with van der Waals surface area (Å²) in [5.41, 5.74) is 1.19. The van der Waals surface area contributed by atoms with Crippen molar-refractivity contribution in [2.75, 3.05) is 19.0 Å². The zero-order valence-corrected chi connectivity index (χ0v) is 12.3. The van der Waals surface area contributed by atoms with Gasteiger partial charge in [0.05, 0.1) is 25.0 Å². The number of nitrogens with zero attached hydrogens (tertiary/aromatic N) is 2. The first kappa shape index (κ1) is 12.7. The number of ether oxygens (including phenoxy) is 1. The van der Waals surface area contributed by atoms with E-state index in [0.29, 0.717) is 6.04 Å². The fourth-order valence-electron chi connectivity index (χ4n) is 5.19. The van der Waals surface area contributed by atoms with Crippen LogP contribution in [0.4, 0.5) is 5.69 Å². The molecule has 4 heteroatoms. The van der Waals surface area contributed by atoms with Crippen molar-refractivity contribution in [3.63, 3.8) is 0 Å². The normalized spacial score (nSPS) is 38.4. The summed E-state index contributed by atoms with van der Waals surface area (Å²) < 4.78 is 7.06. The first-order valence-corrected chi connectivity index (χ1v) is 8.13. The van der Waals surface area contributed by atoms with E-state index in [9.17, 15) is 0 Å². The number of nitrogens with one attached hydrogen (secondary N) is 1. The second-order valence-electron chi connectivity index (χ2n) is 6.89. The van der Waals surface area contributed by atoms with Gasteiger partial charge >= 0.3 is 0 Å². The van der Waals surface area contributed by atoms with Crippen LogP contribution in [0.5, 0.6) is 0 Å². The molecule has 1 aromatic heterocycles. The highest BCUT2D eigenvalue weighted by atomic mass is 16.5. The quantitative estimate of drug-likeness (QED) is 0.898. The third kappa shape index (κ3) is 2.05. The molecule has 20 heavy (non-hydrogen) atoms. The van der Waals surface area contributed by atoms with Crippen LogP contribution < -0.4 is 5.32 Å². The van der Waals surface area contributed by atoms with E-state index in [-0.39, 0.29) is 0 Å². The van der Waals surface area contributed by atoms with E-state index in [0.717, 1.165) is 36.8 Å². The highest BCUT2D eigenvalue weighted by molar-refractivity contribution is 5.40. The summed E-state index contributed by atoms with van der Waals surface area (Å²) in [5, 5.41) is 8.16. The number of fused-ring (bicyclic) bond motifs is 5. The summed E-state index contributed by atoms with van der Waals surface area (Å²) in [5.74, 6) is 4.03. The van der Waals surface area contributed by atoms with Crippen LogP contribution in [0.1, 0.15) is 32.1 Å². The number of hydrogen-bond donors (Lipinski definition) is 1. The molecule has 3 fully saturated rings. The molecular weight excluding hydrogens is 250 g/mol. The Balaban J connectivity index is 1.39. The molecule has 4 rings (SSSR count). The second kappa shape index (κ2) is 5.06. The summed E-state index contributed by atoms with van der Waals surface area (Å²) in [6, 6.07) is 0.694. The third-order valence-corrected chi connectivity index (χ3v) is 5.94. The number of hydrogen-bond acceptors (Lipinski definition) is 3. The molecule has 0 aliphatic heterocycles. The maximum absolute atomic E-state index is 5.09. The lowest BCUT2D eigenvalue weighted by Gasteiger charge is -2.32. The fraction of sp³-hybridized carbons (Fsp3) is 0.812. The van der Waals surface area contributed by atoms with Crippen LogP contribution in [0.2, 0.25) is 0 Å². The van der Waals surface area contributed by atoms with E-state index in [1.54, 1.807) is 7.11 Å². The highest BCUT2D eigenvalue weighted by Crippen LogP contribution is 2.59. The summed E-state index contributed by atoms with van der Waals surface area (Å²) in [4.78, 5) is 0. The Hall–Kier alpha value is -1.03. The Morgan fingerprint density at radius 1 is 1.30 bits per heavy atom. The maximum atomic E-state index is 5.09. The van der Waals surface area contributed by atoms with Gasteiger partial charge in [-0.15, -0.1) is 0 Å². The molecule has 5 atom stereocenters. The minimum atomic E-state index is 0.694. The fourth-order valence-corrected chi connectivity index (χ4v) is 5.19. The lowest BCUT2D eigenvalue weighted by molar-refractivity contribution is 0.183. The lowest BCUT2D eigenvalue weighted by Crippen LogP contribution is -2.33. The van der Waals surface area contributed by atoms with Gasteiger partial charge in [-0.05, 0) is 49.4 Å². The van der Waals surface area contributed by atoms with Crippen molar-refractivity contribution in [2.24, 2.45) is 23.7 Å². The number of rotatable bonds is 5. The van der Waals surface area contributed by atoms with Crippen LogP contribution in [0.3, 0.4) is 0 Å². The van der Waals surface area contributed by atoms with Gasteiger partial charge in [-0.1, -0.05) is 6.42 Å². The number of anilines is 1. The van der Waals surface area contributed by atoms with Gasteiger partial charge in [0.1, 0.15) is 0 Å². The summed E-state index contributed by atoms with van der Waals surface area (Å²) in [7, 11) is 1.73. The van der Waals surface area contributed by atoms with Crippen LogP contribution in [-0.2, 0) is 11.3 Å². The van der Waals surface area contributed by atoms with Crippen molar-refractivity contribution in [1.82, 2.24) is 9.78 Å². The van der Waals surface area contributed by atoms with Gasteiger partial charge in [0.15, 0.2) is 0 Å². The Morgan fingerprint density at radius 2 is 2.20 bits per heavy atom. The van der Waals surface area contributed by atoms with E-state index in [4.69, 9.17) is 4.74 Å². The maximum Gasteiger partial charge on any atom is 0.0728 e. The van der Waals surface area contributed by atoms with Crippen LogP contribution in [0.25, 0.3) is 0 Å². The average molecular weight is 275 g/mol. The zero-order valence-electron chi connectivity index (χ0n) is 12.3. The Labute approximate surface area is 120 Å². The molecule has 110 valence electrons. The molecule has 1 heterocycles. The molecule has 0 amide bonds. The molecule has 0 radical (unpaired) electrons. The Bertz CT molecular complexity index is 472. The highest BCUT2D eigenvalue weighted by Gasteiger charge is 2.53. The molecule has 3 saturated carbocycles. The standard InChI is InChI=1S/C16H25N3O/c1-20-6-5-19-10-12(9-17-19)18-16-8-11-7-15(16)14-4-2-3-13(11)14/h9-11,13-16,18H,2-8H2,1H3. The third-order valence-electron chi connectivity index (χ3n) is 5.94. The van der Waals surface area contributed by atoms with E-state index in [1.807, 2.05) is 10.9 Å². The van der Waals surface area contributed by atoms with Crippen molar-refractivity contribution >= 4 is 5.69 Å². The minimum absolute atomic E-state index is 0.694. The summed E-state index contributed by atoms with van der Waals surface area (Å²) >= 11 is 0. The lowest BCUT2D eigenvalue weighted by atomic mass is 9.79.